The van der Waals surface area contributed by atoms with Crippen molar-refractivity contribution < 1.29 is 79.3 Å². The van der Waals surface area contributed by atoms with Crippen LogP contribution < -0.4 is 9.47 Å². The number of esters is 5. The van der Waals surface area contributed by atoms with Crippen LogP contribution in [0.1, 0.15) is 147 Å². The van der Waals surface area contributed by atoms with Gasteiger partial charge in [0.1, 0.15) is 44.8 Å². The highest BCUT2D eigenvalue weighted by molar-refractivity contribution is 7.97. The minimum atomic E-state index is -4.79. The Morgan fingerprint density at radius 1 is 0.591 bits per heavy atom. The number of phenols is 1. The molecule has 0 radical (unpaired) electrons. The quantitative estimate of drug-likeness (QED) is 0.0284. The van der Waals surface area contributed by atoms with E-state index in [1.807, 2.05) is 126 Å². The number of benzene rings is 5. The van der Waals surface area contributed by atoms with E-state index < -0.39 is 62.1 Å². The SMILES string of the molecule is CCC(C)(C)C(=O)OC1(C)Cc2ccccc2C1.CCC(C)(C)C(=O)OC1C2CC3C(=O)OC1C3O2.CCC(C)(C)C(=O)Oc1ccc(O)cc1.CCC(C)(C)C(=O)Oc1ccc([S+](c2ccccc2)c2ccccc2)cc1.CCC(F)(F)CS(=O)(=O)[O-]. The molecule has 1 N–H and O–H groups in total. The zero-order valence-corrected chi connectivity index (χ0v) is 54.8. The third-order valence-corrected chi connectivity index (χ3v) is 19.5. The summed E-state index contributed by atoms with van der Waals surface area (Å²) >= 11 is 0. The van der Waals surface area contributed by atoms with E-state index in [-0.39, 0.29) is 70.2 Å². The standard InChI is InChI=1S/C24H25O2S.C16H22O2.C13H18O5.C12H16O3.C4H8F2O3S/c1-4-24(2,3)23(25)26-19-15-17-22(18-16-19)27(20-11-7-5-8-12-20)21-13-9-6-10-14-21;1-5-15(2,3)14(17)18-16(4)10-12-8-6-7-9-13(12)11-16;1-4-13(2,3)12(15)18-9-7-5-6-8(16-7)10(9)17-11(6)14;1-4-12(2,3)11(14)15-10-7-5-9(13)6-8-10;1-2-4(5,6)3-10(7,8)9/h5-18H,4H2,1-3H3;6-9H,5,10-11H2,1-4H3;6-10H,4-5H2,1-3H3;5-8,13H,4H2,1-3H3;2-3H2,1H3,(H,7,8,9)/q+1;;;;/p-1. The molecule has 0 saturated carbocycles. The van der Waals surface area contributed by atoms with Gasteiger partial charge in [-0.3, -0.25) is 24.0 Å². The summed E-state index contributed by atoms with van der Waals surface area (Å²) in [6, 6.07) is 43.4. The fourth-order valence-corrected chi connectivity index (χ4v) is 11.8. The number of phenolic OH excluding ortho intramolecular Hbond substituents is 1. The van der Waals surface area contributed by atoms with Gasteiger partial charge in [-0.05, 0) is 178 Å². The topological polar surface area (TPSA) is 218 Å². The van der Waals surface area contributed by atoms with Crippen LogP contribution >= 0.6 is 0 Å². The summed E-state index contributed by atoms with van der Waals surface area (Å²) in [4.78, 5) is 63.5. The first-order valence-corrected chi connectivity index (χ1v) is 32.7. The number of halogens is 2. The molecule has 3 fully saturated rings. The normalized spacial score (nSPS) is 18.9. The Balaban J connectivity index is 0.000000208. The lowest BCUT2D eigenvalue weighted by molar-refractivity contribution is -0.169. The van der Waals surface area contributed by atoms with Gasteiger partial charge in [-0.1, -0.05) is 95.3 Å². The summed E-state index contributed by atoms with van der Waals surface area (Å²) in [5.41, 5.74) is 0.397. The van der Waals surface area contributed by atoms with Crippen LogP contribution in [0.25, 0.3) is 0 Å². The van der Waals surface area contributed by atoms with Crippen LogP contribution in [0.4, 0.5) is 8.78 Å². The van der Waals surface area contributed by atoms with E-state index in [1.165, 1.54) is 37.9 Å². The Labute approximate surface area is 521 Å². The fourth-order valence-electron chi connectivity index (χ4n) is 8.98. The third kappa shape index (κ3) is 19.9. The predicted octanol–water partition coefficient (Wildman–Crippen LogP) is 14.0. The molecule has 0 spiro atoms. The number of aromatic hydroxyl groups is 1. The zero-order chi connectivity index (χ0) is 65.6. The molecular formula is C69H88F2O15S2. The van der Waals surface area contributed by atoms with Crippen LogP contribution in [0.3, 0.4) is 0 Å². The number of alkyl halides is 2. The predicted molar refractivity (Wildman–Crippen MR) is 332 cm³/mol. The van der Waals surface area contributed by atoms with Gasteiger partial charge in [-0.2, -0.15) is 0 Å². The molecule has 9 rings (SSSR count). The van der Waals surface area contributed by atoms with Gasteiger partial charge in [0.25, 0.3) is 5.92 Å². The number of ether oxygens (including phenoxy) is 6. The number of hydrogen-bond acceptors (Lipinski definition) is 15. The van der Waals surface area contributed by atoms with E-state index in [1.54, 1.807) is 12.1 Å². The van der Waals surface area contributed by atoms with Crippen molar-refractivity contribution in [3.8, 4) is 17.2 Å². The molecule has 5 aromatic rings. The number of rotatable bonds is 18. The smallest absolute Gasteiger partial charge is 0.316 e. The third-order valence-electron chi connectivity index (χ3n) is 16.5. The minimum absolute atomic E-state index is 0.0830. The molecule has 1 aliphatic carbocycles. The van der Waals surface area contributed by atoms with E-state index in [0.717, 1.165) is 39.0 Å². The molecule has 3 heterocycles. The Morgan fingerprint density at radius 2 is 0.989 bits per heavy atom. The molecule has 0 aromatic heterocycles. The first-order valence-electron chi connectivity index (χ1n) is 29.9. The Kier molecular flexibility index (Phi) is 24.8. The zero-order valence-electron chi connectivity index (χ0n) is 53.2. The van der Waals surface area contributed by atoms with Crippen molar-refractivity contribution in [2.75, 3.05) is 5.75 Å². The largest absolute Gasteiger partial charge is 0.748 e. The van der Waals surface area contributed by atoms with Gasteiger partial charge in [0, 0.05) is 19.3 Å². The molecule has 19 heteroatoms. The van der Waals surface area contributed by atoms with Crippen molar-refractivity contribution in [1.29, 1.82) is 0 Å². The highest BCUT2D eigenvalue weighted by Gasteiger charge is 2.65. The van der Waals surface area contributed by atoms with Crippen molar-refractivity contribution in [2.24, 2.45) is 27.6 Å². The van der Waals surface area contributed by atoms with Crippen LogP contribution in [0.15, 0.2) is 148 Å². The molecule has 0 amide bonds. The second-order valence-electron chi connectivity index (χ2n) is 25.3. The molecule has 88 heavy (non-hydrogen) atoms. The molecule has 5 atom stereocenters. The monoisotopic (exact) mass is 1260 g/mol. The molecule has 5 unspecified atom stereocenters. The summed E-state index contributed by atoms with van der Waals surface area (Å²) in [5, 5.41) is 9.06. The Morgan fingerprint density at radius 3 is 1.40 bits per heavy atom. The maximum absolute atomic E-state index is 12.3. The summed E-state index contributed by atoms with van der Waals surface area (Å²) in [5.74, 6) is -4.89. The minimum Gasteiger partial charge on any atom is -0.748 e. The van der Waals surface area contributed by atoms with Gasteiger partial charge < -0.3 is 38.1 Å². The van der Waals surface area contributed by atoms with E-state index >= 15 is 0 Å². The summed E-state index contributed by atoms with van der Waals surface area (Å²) < 4.78 is 86.5. The van der Waals surface area contributed by atoms with Crippen LogP contribution in [-0.4, -0.2) is 89.6 Å². The van der Waals surface area contributed by atoms with Crippen molar-refractivity contribution in [2.45, 2.75) is 199 Å². The van der Waals surface area contributed by atoms with Gasteiger partial charge in [-0.15, -0.1) is 0 Å². The summed E-state index contributed by atoms with van der Waals surface area (Å²) in [7, 11) is -4.99. The highest BCUT2D eigenvalue weighted by Crippen LogP contribution is 2.48. The van der Waals surface area contributed by atoms with Crippen molar-refractivity contribution >= 4 is 50.9 Å². The molecule has 5 aromatic carbocycles. The lowest BCUT2D eigenvalue weighted by Crippen LogP contribution is -2.42. The maximum atomic E-state index is 12.3. The molecule has 480 valence electrons. The Hall–Kier alpha value is -6.67. The molecule has 15 nitrogen and oxygen atoms in total. The second kappa shape index (κ2) is 30.2. The molecule has 4 aliphatic rings. The number of fused-ring (bicyclic) bond motifs is 2. The van der Waals surface area contributed by atoms with Gasteiger partial charge in [0.15, 0.2) is 26.9 Å². The van der Waals surface area contributed by atoms with Gasteiger partial charge in [-0.25, -0.2) is 17.2 Å². The molecule has 2 bridgehead atoms. The van der Waals surface area contributed by atoms with Crippen LogP contribution in [-0.2, 0) is 76.8 Å². The van der Waals surface area contributed by atoms with Gasteiger partial charge in [0.2, 0.25) is 0 Å². The highest BCUT2D eigenvalue weighted by atomic mass is 32.2. The van der Waals surface area contributed by atoms with E-state index in [4.69, 9.17) is 33.5 Å². The number of carbonyl (C=O) groups excluding carboxylic acids is 5. The average Bonchev–Trinajstić information content (AvgIpc) is 1.67. The first kappa shape index (κ1) is 72.1. The Bertz CT molecular complexity index is 3180. The second-order valence-corrected chi connectivity index (χ2v) is 28.7. The van der Waals surface area contributed by atoms with E-state index in [9.17, 15) is 45.7 Å². The lowest BCUT2D eigenvalue weighted by Gasteiger charge is -2.30. The van der Waals surface area contributed by atoms with Crippen molar-refractivity contribution in [1.82, 2.24) is 0 Å². The summed E-state index contributed by atoms with van der Waals surface area (Å²) in [6.45, 7) is 26.2. The van der Waals surface area contributed by atoms with Crippen LogP contribution in [0, 0.1) is 27.6 Å². The van der Waals surface area contributed by atoms with Gasteiger partial charge in [0.05, 0.1) is 44.6 Å². The summed E-state index contributed by atoms with van der Waals surface area (Å²) in [6.07, 6.45) is 3.43. The fraction of sp³-hybridized carbons (Fsp3) is 0.493. The maximum Gasteiger partial charge on any atom is 0.316 e. The molecule has 3 saturated heterocycles. The number of carbonyl (C=O) groups is 5. The average molecular weight is 1260 g/mol. The number of hydrogen-bond donors (Lipinski definition) is 1. The van der Waals surface area contributed by atoms with Crippen molar-refractivity contribution in [3.63, 3.8) is 0 Å². The molecular weight excluding hydrogens is 1170 g/mol. The van der Waals surface area contributed by atoms with Crippen LogP contribution in [0.2, 0.25) is 0 Å². The first-order chi connectivity index (χ1) is 41.0. The lowest BCUT2D eigenvalue weighted by atomic mass is 9.87. The van der Waals surface area contributed by atoms with E-state index in [0.29, 0.717) is 24.3 Å². The van der Waals surface area contributed by atoms with Crippen LogP contribution in [0.5, 0.6) is 17.2 Å². The van der Waals surface area contributed by atoms with Crippen molar-refractivity contribution in [3.05, 3.63) is 145 Å². The van der Waals surface area contributed by atoms with Gasteiger partial charge >= 0.3 is 29.8 Å². The van der Waals surface area contributed by atoms with E-state index in [2.05, 4.69) is 72.8 Å². The molecule has 3 aliphatic heterocycles.